The molecular formula is C7H15NO3. The Bertz CT molecular complexity index is 129. The molecule has 1 rings (SSSR count). The van der Waals surface area contributed by atoms with Gasteiger partial charge in [0, 0.05) is 25.1 Å². The third-order valence-electron chi connectivity index (χ3n) is 2.28. The summed E-state index contributed by atoms with van der Waals surface area (Å²) in [6.07, 6.45) is -1.56. The van der Waals surface area contributed by atoms with Gasteiger partial charge in [-0.3, -0.25) is 0 Å². The topological polar surface area (TPSA) is 72.7 Å². The highest BCUT2D eigenvalue weighted by atomic mass is 16.3. The van der Waals surface area contributed by atoms with Gasteiger partial charge in [0.05, 0.1) is 12.2 Å². The van der Waals surface area contributed by atoms with Crippen molar-refractivity contribution in [2.45, 2.75) is 25.2 Å². The van der Waals surface area contributed by atoms with Crippen molar-refractivity contribution >= 4 is 0 Å². The van der Waals surface area contributed by atoms with Crippen LogP contribution in [0.15, 0.2) is 0 Å². The van der Waals surface area contributed by atoms with Crippen molar-refractivity contribution in [2.75, 3.05) is 13.2 Å². The van der Waals surface area contributed by atoms with Gasteiger partial charge in [-0.25, -0.2) is 0 Å². The summed E-state index contributed by atoms with van der Waals surface area (Å²) in [6, 6.07) is -0.0900. The first-order valence-corrected chi connectivity index (χ1v) is 3.87. The van der Waals surface area contributed by atoms with E-state index in [1.807, 2.05) is 6.92 Å². The number of aliphatic hydroxyl groups is 3. The average Bonchev–Trinajstić information content (AvgIpc) is 2.01. The van der Waals surface area contributed by atoms with Gasteiger partial charge < -0.3 is 20.6 Å². The van der Waals surface area contributed by atoms with E-state index in [1.165, 1.54) is 0 Å². The Labute approximate surface area is 65.9 Å². The molecule has 1 heterocycles. The van der Waals surface area contributed by atoms with Crippen LogP contribution >= 0.6 is 0 Å². The summed E-state index contributed by atoms with van der Waals surface area (Å²) in [5.41, 5.74) is 0. The standard InChI is InChI=1S/C7H15NO3/c1-4-6(10)7(11)5(3-9)2-8-4/h4-11H,2-3H2,1H3/t4?,5-,6-,7-/m1/s1. The molecule has 1 aliphatic heterocycles. The van der Waals surface area contributed by atoms with Crippen molar-refractivity contribution in [2.24, 2.45) is 5.92 Å². The maximum Gasteiger partial charge on any atom is 0.0952 e. The third-order valence-corrected chi connectivity index (χ3v) is 2.28. The summed E-state index contributed by atoms with van der Waals surface area (Å²) >= 11 is 0. The lowest BCUT2D eigenvalue weighted by atomic mass is 9.90. The second-order valence-electron chi connectivity index (χ2n) is 3.12. The Hall–Kier alpha value is -0.160. The van der Waals surface area contributed by atoms with Gasteiger partial charge in [0.2, 0.25) is 0 Å². The van der Waals surface area contributed by atoms with E-state index in [2.05, 4.69) is 5.32 Å². The molecule has 0 aromatic rings. The van der Waals surface area contributed by atoms with Gasteiger partial charge in [0.15, 0.2) is 0 Å². The van der Waals surface area contributed by atoms with Crippen LogP contribution in [0.1, 0.15) is 6.92 Å². The molecule has 1 fully saturated rings. The molecular weight excluding hydrogens is 146 g/mol. The van der Waals surface area contributed by atoms with Gasteiger partial charge in [0.25, 0.3) is 0 Å². The first-order chi connectivity index (χ1) is 5.16. The van der Waals surface area contributed by atoms with Gasteiger partial charge in [-0.1, -0.05) is 0 Å². The summed E-state index contributed by atoms with van der Waals surface area (Å²) in [5, 5.41) is 30.4. The Morgan fingerprint density at radius 3 is 2.55 bits per heavy atom. The van der Waals surface area contributed by atoms with Crippen LogP contribution in [-0.4, -0.2) is 46.7 Å². The normalized spacial score (nSPS) is 45.8. The number of hydrogen-bond donors (Lipinski definition) is 4. The second-order valence-corrected chi connectivity index (χ2v) is 3.12. The van der Waals surface area contributed by atoms with Crippen LogP contribution in [0.5, 0.6) is 0 Å². The Morgan fingerprint density at radius 1 is 1.36 bits per heavy atom. The van der Waals surface area contributed by atoms with Crippen molar-refractivity contribution in [3.63, 3.8) is 0 Å². The van der Waals surface area contributed by atoms with E-state index in [-0.39, 0.29) is 18.6 Å². The van der Waals surface area contributed by atoms with E-state index in [9.17, 15) is 10.2 Å². The van der Waals surface area contributed by atoms with Crippen LogP contribution in [-0.2, 0) is 0 Å². The first-order valence-electron chi connectivity index (χ1n) is 3.87. The van der Waals surface area contributed by atoms with Gasteiger partial charge in [-0.05, 0) is 6.92 Å². The summed E-state index contributed by atoms with van der Waals surface area (Å²) in [4.78, 5) is 0. The van der Waals surface area contributed by atoms with E-state index in [1.54, 1.807) is 0 Å². The van der Waals surface area contributed by atoms with Gasteiger partial charge >= 0.3 is 0 Å². The molecule has 0 aromatic carbocycles. The van der Waals surface area contributed by atoms with E-state index in [0.717, 1.165) is 0 Å². The SMILES string of the molecule is CC1NC[C@H](CO)[C@@H](O)[C@@H]1O. The van der Waals surface area contributed by atoms with Crippen molar-refractivity contribution in [1.82, 2.24) is 5.32 Å². The number of hydrogen-bond acceptors (Lipinski definition) is 4. The predicted octanol–water partition coefficient (Wildman–Crippen LogP) is -1.69. The molecule has 1 aliphatic rings. The van der Waals surface area contributed by atoms with Crippen molar-refractivity contribution in [3.8, 4) is 0 Å². The van der Waals surface area contributed by atoms with Crippen molar-refractivity contribution in [3.05, 3.63) is 0 Å². The molecule has 11 heavy (non-hydrogen) atoms. The smallest absolute Gasteiger partial charge is 0.0952 e. The van der Waals surface area contributed by atoms with Crippen LogP contribution < -0.4 is 5.32 Å². The largest absolute Gasteiger partial charge is 0.396 e. The molecule has 0 saturated carbocycles. The fourth-order valence-electron chi connectivity index (χ4n) is 1.33. The summed E-state index contributed by atoms with van der Waals surface area (Å²) < 4.78 is 0. The lowest BCUT2D eigenvalue weighted by Gasteiger charge is -2.35. The van der Waals surface area contributed by atoms with Crippen LogP contribution in [0, 0.1) is 5.92 Å². The summed E-state index contributed by atoms with van der Waals surface area (Å²) in [6.45, 7) is 2.29. The number of nitrogens with one attached hydrogen (secondary N) is 1. The Morgan fingerprint density at radius 2 is 2.00 bits per heavy atom. The fourth-order valence-corrected chi connectivity index (χ4v) is 1.33. The maximum absolute atomic E-state index is 9.36. The Kier molecular flexibility index (Phi) is 2.84. The number of aliphatic hydroxyl groups excluding tert-OH is 3. The van der Waals surface area contributed by atoms with E-state index in [4.69, 9.17) is 5.11 Å². The first kappa shape index (κ1) is 8.93. The molecule has 0 amide bonds. The zero-order chi connectivity index (χ0) is 8.43. The number of rotatable bonds is 1. The minimum atomic E-state index is -0.795. The predicted molar refractivity (Wildman–Crippen MR) is 40.1 cm³/mol. The number of piperidine rings is 1. The molecule has 0 spiro atoms. The highest BCUT2D eigenvalue weighted by Crippen LogP contribution is 2.14. The third kappa shape index (κ3) is 1.70. The van der Waals surface area contributed by atoms with Crippen LogP contribution in [0.25, 0.3) is 0 Å². The molecule has 0 radical (unpaired) electrons. The van der Waals surface area contributed by atoms with Crippen molar-refractivity contribution in [1.29, 1.82) is 0 Å². The quantitative estimate of drug-likeness (QED) is 0.370. The summed E-state index contributed by atoms with van der Waals surface area (Å²) in [5.74, 6) is -0.235. The van der Waals surface area contributed by atoms with Crippen LogP contribution in [0.2, 0.25) is 0 Å². The minimum absolute atomic E-state index is 0.0854. The molecule has 1 saturated heterocycles. The average molecular weight is 161 g/mol. The van der Waals surface area contributed by atoms with Gasteiger partial charge in [-0.2, -0.15) is 0 Å². The summed E-state index contributed by atoms with van der Waals surface area (Å²) in [7, 11) is 0. The van der Waals surface area contributed by atoms with E-state index < -0.39 is 12.2 Å². The zero-order valence-electron chi connectivity index (χ0n) is 6.57. The molecule has 0 aromatic heterocycles. The molecule has 0 aliphatic carbocycles. The molecule has 0 bridgehead atoms. The lowest BCUT2D eigenvalue weighted by molar-refractivity contribution is -0.0675. The van der Waals surface area contributed by atoms with E-state index in [0.29, 0.717) is 6.54 Å². The Balaban J connectivity index is 2.52. The lowest BCUT2D eigenvalue weighted by Crippen LogP contribution is -2.56. The maximum atomic E-state index is 9.36. The van der Waals surface area contributed by atoms with Crippen LogP contribution in [0.3, 0.4) is 0 Å². The molecule has 66 valence electrons. The highest BCUT2D eigenvalue weighted by Gasteiger charge is 2.34. The molecule has 4 heteroatoms. The van der Waals surface area contributed by atoms with Gasteiger partial charge in [-0.15, -0.1) is 0 Å². The highest BCUT2D eigenvalue weighted by molar-refractivity contribution is 4.89. The zero-order valence-corrected chi connectivity index (χ0v) is 6.57. The molecule has 4 atom stereocenters. The molecule has 1 unspecified atom stereocenters. The molecule has 4 nitrogen and oxygen atoms in total. The molecule has 4 N–H and O–H groups in total. The van der Waals surface area contributed by atoms with Crippen molar-refractivity contribution < 1.29 is 15.3 Å². The monoisotopic (exact) mass is 161 g/mol. The minimum Gasteiger partial charge on any atom is -0.396 e. The fraction of sp³-hybridized carbons (Fsp3) is 1.00. The second kappa shape index (κ2) is 3.49. The van der Waals surface area contributed by atoms with Gasteiger partial charge in [0.1, 0.15) is 0 Å². The van der Waals surface area contributed by atoms with E-state index >= 15 is 0 Å². The van der Waals surface area contributed by atoms with Crippen LogP contribution in [0.4, 0.5) is 0 Å².